The van der Waals surface area contributed by atoms with Crippen LogP contribution in [0.5, 0.6) is 0 Å². The van der Waals surface area contributed by atoms with Gasteiger partial charge in [-0.2, -0.15) is 0 Å². The van der Waals surface area contributed by atoms with Crippen LogP contribution >= 0.6 is 0 Å². The number of fused-ring (bicyclic) bond motifs is 7. The molecule has 0 atom stereocenters. The molecule has 0 spiro atoms. The van der Waals surface area contributed by atoms with Crippen molar-refractivity contribution >= 4 is 27.5 Å². The van der Waals surface area contributed by atoms with Crippen LogP contribution in [0.3, 0.4) is 0 Å². The van der Waals surface area contributed by atoms with Crippen LogP contribution in [-0.2, 0) is 16.2 Å². The summed E-state index contributed by atoms with van der Waals surface area (Å²) in [5.74, 6) is 0. The molecule has 3 heteroatoms. The Balaban J connectivity index is 1.88. The van der Waals surface area contributed by atoms with Crippen LogP contribution in [0.25, 0.3) is 27.5 Å². The average Bonchev–Trinajstić information content (AvgIpc) is 3.05. The van der Waals surface area contributed by atoms with Crippen molar-refractivity contribution in [3.63, 3.8) is 0 Å². The summed E-state index contributed by atoms with van der Waals surface area (Å²) in [5.41, 5.74) is 7.76. The van der Waals surface area contributed by atoms with Crippen molar-refractivity contribution in [2.24, 2.45) is 0 Å². The van der Waals surface area contributed by atoms with Crippen LogP contribution in [0.1, 0.15) is 71.7 Å². The molecule has 144 valence electrons. The van der Waals surface area contributed by atoms with Crippen molar-refractivity contribution < 1.29 is 0 Å². The quantitative estimate of drug-likeness (QED) is 0.363. The molecule has 1 aliphatic rings. The zero-order valence-corrected chi connectivity index (χ0v) is 18.0. The second-order valence-electron chi connectivity index (χ2n) is 10.8. The van der Waals surface area contributed by atoms with E-state index in [1.807, 2.05) is 6.20 Å². The Morgan fingerprint density at radius 3 is 2.46 bits per heavy atom. The highest BCUT2D eigenvalue weighted by molar-refractivity contribution is 5.99. The maximum absolute atomic E-state index is 5.05. The highest BCUT2D eigenvalue weighted by Gasteiger charge is 2.43. The van der Waals surface area contributed by atoms with E-state index < -0.39 is 0 Å². The van der Waals surface area contributed by atoms with Gasteiger partial charge in [0.1, 0.15) is 5.65 Å². The van der Waals surface area contributed by atoms with E-state index in [-0.39, 0.29) is 16.2 Å². The first-order valence-electron chi connectivity index (χ1n) is 10.2. The van der Waals surface area contributed by atoms with Gasteiger partial charge in [0, 0.05) is 28.9 Å². The van der Waals surface area contributed by atoms with E-state index in [4.69, 9.17) is 9.97 Å². The highest BCUT2D eigenvalue weighted by Crippen LogP contribution is 2.51. The lowest BCUT2D eigenvalue weighted by atomic mass is 9.82. The van der Waals surface area contributed by atoms with Gasteiger partial charge in [-0.15, -0.1) is 0 Å². The number of aromatic nitrogens is 3. The predicted octanol–water partition coefficient (Wildman–Crippen LogP) is 6.29. The van der Waals surface area contributed by atoms with Gasteiger partial charge in [0.05, 0.1) is 11.0 Å². The number of nitrogens with zero attached hydrogens (tertiary/aromatic N) is 3. The van der Waals surface area contributed by atoms with Crippen molar-refractivity contribution in [1.82, 2.24) is 14.4 Å². The molecule has 3 aromatic heterocycles. The van der Waals surface area contributed by atoms with E-state index in [1.165, 1.54) is 22.0 Å². The lowest BCUT2D eigenvalue weighted by molar-refractivity contribution is 0.404. The van der Waals surface area contributed by atoms with Gasteiger partial charge in [-0.1, -0.05) is 54.5 Å². The average molecular weight is 372 g/mol. The van der Waals surface area contributed by atoms with Crippen LogP contribution in [-0.4, -0.2) is 14.4 Å². The molecule has 28 heavy (non-hydrogen) atoms. The predicted molar refractivity (Wildman–Crippen MR) is 117 cm³/mol. The maximum Gasteiger partial charge on any atom is 0.147 e. The lowest BCUT2D eigenvalue weighted by Gasteiger charge is -2.22. The summed E-state index contributed by atoms with van der Waals surface area (Å²) in [6, 6.07) is 8.93. The fourth-order valence-corrected chi connectivity index (χ4v) is 5.42. The van der Waals surface area contributed by atoms with Crippen molar-refractivity contribution in [1.29, 1.82) is 0 Å². The molecule has 0 radical (unpaired) electrons. The number of hydrogen-bond acceptors (Lipinski definition) is 2. The van der Waals surface area contributed by atoms with Gasteiger partial charge in [0.2, 0.25) is 0 Å². The molecule has 0 N–H and O–H groups in total. The third-order valence-corrected chi connectivity index (χ3v) is 6.49. The Morgan fingerprint density at radius 2 is 1.75 bits per heavy atom. The Hall–Kier alpha value is -2.42. The number of rotatable bonds is 0. The smallest absolute Gasteiger partial charge is 0.147 e. The molecular weight excluding hydrogens is 342 g/mol. The van der Waals surface area contributed by atoms with Gasteiger partial charge in [-0.05, 0) is 52.0 Å². The van der Waals surface area contributed by atoms with Crippen LogP contribution in [0.2, 0.25) is 0 Å². The van der Waals surface area contributed by atoms with Gasteiger partial charge in [-0.25, -0.2) is 4.98 Å². The fraction of sp³-hybridized carbons (Fsp3) is 0.440. The normalized spacial score (nSPS) is 18.2. The number of benzene rings is 1. The van der Waals surface area contributed by atoms with Crippen molar-refractivity contribution in [3.8, 4) is 0 Å². The molecule has 5 rings (SSSR count). The van der Waals surface area contributed by atoms with Gasteiger partial charge in [-0.3, -0.25) is 9.38 Å². The van der Waals surface area contributed by atoms with Gasteiger partial charge < -0.3 is 0 Å². The Labute approximate surface area is 166 Å². The van der Waals surface area contributed by atoms with Gasteiger partial charge in [0.25, 0.3) is 0 Å². The maximum atomic E-state index is 5.05. The summed E-state index contributed by atoms with van der Waals surface area (Å²) in [6.07, 6.45) is 5.36. The Kier molecular flexibility index (Phi) is 3.24. The lowest BCUT2D eigenvalue weighted by Crippen LogP contribution is -2.18. The largest absolute Gasteiger partial charge is 0.299 e. The number of hydrogen-bond donors (Lipinski definition) is 0. The minimum Gasteiger partial charge on any atom is -0.299 e. The monoisotopic (exact) mass is 371 g/mol. The van der Waals surface area contributed by atoms with Crippen molar-refractivity contribution in [3.05, 3.63) is 53.5 Å². The van der Waals surface area contributed by atoms with E-state index in [1.54, 1.807) is 0 Å². The third kappa shape index (κ3) is 2.28. The van der Waals surface area contributed by atoms with Gasteiger partial charge >= 0.3 is 0 Å². The Morgan fingerprint density at radius 1 is 1.00 bits per heavy atom. The third-order valence-electron chi connectivity index (χ3n) is 6.49. The molecule has 0 bridgehead atoms. The summed E-state index contributed by atoms with van der Waals surface area (Å²) in [4.78, 5) is 9.82. The van der Waals surface area contributed by atoms with Crippen molar-refractivity contribution in [2.75, 3.05) is 0 Å². The zero-order chi connectivity index (χ0) is 20.1. The molecule has 1 aliphatic carbocycles. The van der Waals surface area contributed by atoms with E-state index in [2.05, 4.69) is 83.3 Å². The summed E-state index contributed by atoms with van der Waals surface area (Å²) >= 11 is 0. The summed E-state index contributed by atoms with van der Waals surface area (Å²) < 4.78 is 2.29. The molecule has 1 aromatic carbocycles. The minimum absolute atomic E-state index is 0.0386. The van der Waals surface area contributed by atoms with E-state index >= 15 is 0 Å². The molecule has 4 aromatic rings. The molecule has 0 saturated heterocycles. The molecular formula is C25H29N3. The van der Waals surface area contributed by atoms with Crippen molar-refractivity contribution in [2.45, 2.75) is 71.1 Å². The molecule has 0 unspecified atom stereocenters. The molecule has 0 amide bonds. The first-order chi connectivity index (χ1) is 13.0. The molecule has 3 heterocycles. The zero-order valence-electron chi connectivity index (χ0n) is 18.0. The standard InChI is InChI=1S/C25H29N3/c1-23(2,3)19-12-15-10-11-28-21-18(27-22(28)16(15)13-26-19)9-8-17-20(21)25(6,7)14-24(17,4)5/h8-13H,14H2,1-7H3. The SMILES string of the molecule is CC(C)(C)c1cc2ccn3c(nc4ccc5c(c43)C(C)(C)CC5(C)C)c2cn1. The Bertz CT molecular complexity index is 1270. The summed E-state index contributed by atoms with van der Waals surface area (Å²) in [5, 5.41) is 2.33. The topological polar surface area (TPSA) is 30.2 Å². The van der Waals surface area contributed by atoms with E-state index in [9.17, 15) is 0 Å². The first kappa shape index (κ1) is 17.7. The van der Waals surface area contributed by atoms with Gasteiger partial charge in [0.15, 0.2) is 0 Å². The second-order valence-corrected chi connectivity index (χ2v) is 10.8. The highest BCUT2D eigenvalue weighted by atomic mass is 15.0. The number of pyridine rings is 2. The van der Waals surface area contributed by atoms with Crippen LogP contribution in [0, 0.1) is 0 Å². The molecule has 0 aliphatic heterocycles. The molecule has 3 nitrogen and oxygen atoms in total. The summed E-state index contributed by atoms with van der Waals surface area (Å²) in [6.45, 7) is 16.1. The van der Waals surface area contributed by atoms with Crippen LogP contribution < -0.4 is 0 Å². The summed E-state index contributed by atoms with van der Waals surface area (Å²) in [7, 11) is 0. The van der Waals surface area contributed by atoms with Crippen LogP contribution in [0.15, 0.2) is 36.7 Å². The van der Waals surface area contributed by atoms with E-state index in [0.29, 0.717) is 0 Å². The minimum atomic E-state index is 0.0386. The van der Waals surface area contributed by atoms with Crippen LogP contribution in [0.4, 0.5) is 0 Å². The number of imidazole rings is 1. The fourth-order valence-electron chi connectivity index (χ4n) is 5.42. The second kappa shape index (κ2) is 5.14. The molecule has 0 saturated carbocycles. The van der Waals surface area contributed by atoms with E-state index in [0.717, 1.165) is 28.7 Å². The molecule has 0 fully saturated rings. The first-order valence-corrected chi connectivity index (χ1v) is 10.2.